The van der Waals surface area contributed by atoms with Crippen molar-refractivity contribution in [3.63, 3.8) is 0 Å². The van der Waals surface area contributed by atoms with E-state index < -0.39 is 68.1 Å². The molecule has 1 aliphatic heterocycles. The molecule has 0 aliphatic carbocycles. The Hall–Kier alpha value is -3.35. The second kappa shape index (κ2) is 15.9. The summed E-state index contributed by atoms with van der Waals surface area (Å²) in [6, 6.07) is 0. The third-order valence-corrected chi connectivity index (χ3v) is 5.31. The monoisotopic (exact) mass is 572 g/mol. The molecular formula is C25H33O13P. The van der Waals surface area contributed by atoms with Crippen LogP contribution in [-0.2, 0) is 47.2 Å². The van der Waals surface area contributed by atoms with Crippen molar-refractivity contribution in [3.8, 4) is 0 Å². The van der Waals surface area contributed by atoms with Crippen LogP contribution in [-0.4, -0.2) is 75.4 Å². The number of carbonyl (C=O) groups is 4. The van der Waals surface area contributed by atoms with E-state index in [0.717, 1.165) is 26.0 Å². The average molecular weight is 573 g/mol. The Labute approximate surface area is 225 Å². The van der Waals surface area contributed by atoms with Crippen molar-refractivity contribution in [2.45, 2.75) is 64.1 Å². The van der Waals surface area contributed by atoms with E-state index in [9.17, 15) is 38.6 Å². The van der Waals surface area contributed by atoms with Crippen LogP contribution < -0.4 is 0 Å². The fraction of sp³-hybridized carbons (Fsp3) is 0.440. The summed E-state index contributed by atoms with van der Waals surface area (Å²) >= 11 is 0. The highest BCUT2D eigenvalue weighted by atomic mass is 31.2. The third kappa shape index (κ3) is 15.0. The predicted octanol–water partition coefficient (Wildman–Crippen LogP) is 1.74. The molecule has 39 heavy (non-hydrogen) atoms. The maximum atomic E-state index is 11.7. The molecule has 0 bridgehead atoms. The normalized spacial score (nSPS) is 21.2. The first-order valence-electron chi connectivity index (χ1n) is 11.6. The van der Waals surface area contributed by atoms with Gasteiger partial charge in [0.15, 0.2) is 12.2 Å². The molecule has 0 radical (unpaired) electrons. The number of hydrogen-bond donors (Lipinski definition) is 3. The zero-order chi connectivity index (χ0) is 29.6. The SMILES string of the molecule is CC(=O)OC/C=C/C=C/C=C/C(CC(OP(=O)(O)O)C(C)(O)/C=C/C1OC(=O)C=CC1OC(C)=O)OC(C)=O. The first-order chi connectivity index (χ1) is 18.1. The molecule has 0 saturated heterocycles. The molecule has 216 valence electrons. The summed E-state index contributed by atoms with van der Waals surface area (Å²) in [5.74, 6) is -2.51. The molecule has 0 aromatic heterocycles. The van der Waals surface area contributed by atoms with Crippen molar-refractivity contribution in [1.29, 1.82) is 0 Å². The molecule has 14 heteroatoms. The third-order valence-electron chi connectivity index (χ3n) is 4.78. The van der Waals surface area contributed by atoms with Crippen LogP contribution in [0.25, 0.3) is 0 Å². The lowest BCUT2D eigenvalue weighted by atomic mass is 9.92. The van der Waals surface area contributed by atoms with Gasteiger partial charge < -0.3 is 33.8 Å². The van der Waals surface area contributed by atoms with E-state index in [1.165, 1.54) is 38.2 Å². The van der Waals surface area contributed by atoms with Crippen molar-refractivity contribution >= 4 is 31.7 Å². The average Bonchev–Trinajstić information content (AvgIpc) is 2.78. The molecular weight excluding hydrogens is 539 g/mol. The molecule has 0 spiro atoms. The lowest BCUT2D eigenvalue weighted by Gasteiger charge is -2.33. The number of phosphoric ester groups is 1. The van der Waals surface area contributed by atoms with Crippen LogP contribution in [0.4, 0.5) is 0 Å². The largest absolute Gasteiger partial charge is 0.469 e. The molecule has 0 amide bonds. The molecule has 13 nitrogen and oxygen atoms in total. The summed E-state index contributed by atoms with van der Waals surface area (Å²) in [7, 11) is -5.14. The fourth-order valence-electron chi connectivity index (χ4n) is 3.13. The van der Waals surface area contributed by atoms with Gasteiger partial charge in [-0.1, -0.05) is 30.4 Å². The Balaban J connectivity index is 3.11. The Kier molecular flexibility index (Phi) is 13.7. The molecule has 0 saturated carbocycles. The van der Waals surface area contributed by atoms with Crippen molar-refractivity contribution in [2.75, 3.05) is 6.61 Å². The summed E-state index contributed by atoms with van der Waals surface area (Å²) in [4.78, 5) is 64.2. The predicted molar refractivity (Wildman–Crippen MR) is 135 cm³/mol. The van der Waals surface area contributed by atoms with Crippen molar-refractivity contribution < 1.29 is 62.1 Å². The summed E-state index contributed by atoms with van der Waals surface area (Å²) in [5.41, 5.74) is -2.10. The van der Waals surface area contributed by atoms with Crippen molar-refractivity contribution in [1.82, 2.24) is 0 Å². The maximum absolute atomic E-state index is 11.7. The lowest BCUT2D eigenvalue weighted by Crippen LogP contribution is -2.42. The number of allylic oxidation sites excluding steroid dienone is 4. The highest BCUT2D eigenvalue weighted by Gasteiger charge is 2.38. The zero-order valence-corrected chi connectivity index (χ0v) is 22.8. The molecule has 1 aliphatic rings. The van der Waals surface area contributed by atoms with E-state index in [0.29, 0.717) is 0 Å². The van der Waals surface area contributed by atoms with Gasteiger partial charge >= 0.3 is 31.7 Å². The maximum Gasteiger partial charge on any atom is 0.469 e. The number of aliphatic hydroxyl groups is 1. The summed E-state index contributed by atoms with van der Waals surface area (Å²) in [6.45, 7) is 4.82. The van der Waals surface area contributed by atoms with Gasteiger partial charge in [-0.3, -0.25) is 18.9 Å². The molecule has 5 atom stereocenters. The lowest BCUT2D eigenvalue weighted by molar-refractivity contribution is -0.158. The number of esters is 4. The highest BCUT2D eigenvalue weighted by molar-refractivity contribution is 7.46. The van der Waals surface area contributed by atoms with E-state index in [4.69, 9.17) is 23.5 Å². The van der Waals surface area contributed by atoms with Gasteiger partial charge in [0.25, 0.3) is 0 Å². The van der Waals surface area contributed by atoms with Gasteiger partial charge in [0.05, 0.1) is 0 Å². The second-order valence-electron chi connectivity index (χ2n) is 8.39. The zero-order valence-electron chi connectivity index (χ0n) is 21.9. The minimum Gasteiger partial charge on any atom is -0.462 e. The Morgan fingerprint density at radius 3 is 2.36 bits per heavy atom. The highest BCUT2D eigenvalue weighted by Crippen LogP contribution is 2.41. The quantitative estimate of drug-likeness (QED) is 0.0897. The number of carbonyl (C=O) groups excluding carboxylic acids is 4. The van der Waals surface area contributed by atoms with Crippen molar-refractivity contribution in [3.05, 3.63) is 60.8 Å². The molecule has 0 aromatic carbocycles. The van der Waals surface area contributed by atoms with Crippen LogP contribution in [0.1, 0.15) is 34.1 Å². The first kappa shape index (κ1) is 33.7. The van der Waals surface area contributed by atoms with Gasteiger partial charge in [-0.2, -0.15) is 0 Å². The second-order valence-corrected chi connectivity index (χ2v) is 9.58. The first-order valence-corrected chi connectivity index (χ1v) is 13.1. The van der Waals surface area contributed by atoms with Gasteiger partial charge in [-0.15, -0.1) is 0 Å². The topological polar surface area (TPSA) is 192 Å². The number of hydrogen-bond acceptors (Lipinski definition) is 11. The van der Waals surface area contributed by atoms with Gasteiger partial charge in [-0.05, 0) is 31.2 Å². The minimum atomic E-state index is -5.14. The van der Waals surface area contributed by atoms with Gasteiger partial charge in [0.2, 0.25) is 0 Å². The number of rotatable bonds is 14. The van der Waals surface area contributed by atoms with E-state index in [2.05, 4.69) is 0 Å². The van der Waals surface area contributed by atoms with Crippen LogP contribution in [0.5, 0.6) is 0 Å². The number of ether oxygens (including phenoxy) is 4. The smallest absolute Gasteiger partial charge is 0.462 e. The van der Waals surface area contributed by atoms with E-state index >= 15 is 0 Å². The minimum absolute atomic E-state index is 0.0847. The number of cyclic esters (lactones) is 1. The van der Waals surface area contributed by atoms with Crippen LogP contribution in [0, 0.1) is 0 Å². The van der Waals surface area contributed by atoms with Crippen molar-refractivity contribution in [2.24, 2.45) is 0 Å². The number of phosphoric acid groups is 1. The molecule has 5 unspecified atom stereocenters. The molecule has 1 heterocycles. The Morgan fingerprint density at radius 1 is 1.10 bits per heavy atom. The molecule has 0 aromatic rings. The van der Waals surface area contributed by atoms with Crippen LogP contribution in [0.15, 0.2) is 60.8 Å². The summed E-state index contributed by atoms with van der Waals surface area (Å²) in [5, 5.41) is 11.1. The standard InChI is InChI=1S/C25H33O13P/c1-17(26)34-15-9-7-5-6-8-10-20(35-18(2)27)16-23(38-39(31,32)33)25(4,30)14-13-22-21(36-19(3)28)11-12-24(29)37-22/h5-14,20-23,30H,15-16H2,1-4H3,(H2,31,32,33)/b6-5+,9-7+,10-8+,14-13+. The van der Waals surface area contributed by atoms with Crippen LogP contribution >= 0.6 is 7.82 Å². The fourth-order valence-corrected chi connectivity index (χ4v) is 3.76. The Morgan fingerprint density at radius 2 is 1.77 bits per heavy atom. The van der Waals surface area contributed by atoms with Gasteiger partial charge in [0.1, 0.15) is 24.4 Å². The van der Waals surface area contributed by atoms with E-state index in [1.807, 2.05) is 0 Å². The summed E-state index contributed by atoms with van der Waals surface area (Å²) < 4.78 is 36.6. The summed E-state index contributed by atoms with van der Waals surface area (Å²) in [6.07, 6.45) is 8.57. The van der Waals surface area contributed by atoms with Crippen LogP contribution in [0.2, 0.25) is 0 Å². The Bertz CT molecular complexity index is 1060. The van der Waals surface area contributed by atoms with Crippen LogP contribution in [0.3, 0.4) is 0 Å². The molecule has 1 rings (SSSR count). The molecule has 3 N–H and O–H groups in total. The van der Waals surface area contributed by atoms with E-state index in [-0.39, 0.29) is 6.61 Å². The van der Waals surface area contributed by atoms with Gasteiger partial charge in [-0.25, -0.2) is 9.36 Å². The molecule has 0 fully saturated rings. The van der Waals surface area contributed by atoms with Gasteiger partial charge in [0, 0.05) is 33.3 Å². The van der Waals surface area contributed by atoms with E-state index in [1.54, 1.807) is 24.3 Å².